The zero-order chi connectivity index (χ0) is 17.9. The number of hydrogen-bond acceptors (Lipinski definition) is 2. The molecule has 142 valence electrons. The van der Waals surface area contributed by atoms with Gasteiger partial charge in [-0.15, -0.1) is 0 Å². The molecule has 2 heterocycles. The van der Waals surface area contributed by atoms with Gasteiger partial charge in [0.05, 0.1) is 24.9 Å². The van der Waals surface area contributed by atoms with Gasteiger partial charge in [0.2, 0.25) is 0 Å². The van der Waals surface area contributed by atoms with Gasteiger partial charge in [0.1, 0.15) is 0 Å². The predicted octanol–water partition coefficient (Wildman–Crippen LogP) is 5.94. The van der Waals surface area contributed by atoms with Crippen LogP contribution in [0.2, 0.25) is 0 Å². The highest BCUT2D eigenvalue weighted by Crippen LogP contribution is 2.38. The van der Waals surface area contributed by atoms with Gasteiger partial charge in [0.15, 0.2) is 0 Å². The topological polar surface area (TPSA) is 18.5 Å². The van der Waals surface area contributed by atoms with Crippen molar-refractivity contribution in [3.63, 3.8) is 0 Å². The summed E-state index contributed by atoms with van der Waals surface area (Å²) in [6, 6.07) is 0. The fourth-order valence-corrected chi connectivity index (χ4v) is 4.58. The molecular formula is C22H42O2. The van der Waals surface area contributed by atoms with Crippen molar-refractivity contribution >= 4 is 0 Å². The normalized spacial score (nSPS) is 36.5. The maximum absolute atomic E-state index is 6.38. The molecule has 0 aliphatic carbocycles. The van der Waals surface area contributed by atoms with Crippen LogP contribution in [0.25, 0.3) is 0 Å². The molecule has 0 saturated carbocycles. The molecule has 0 aromatic heterocycles. The Balaban J connectivity index is 1.87. The second-order valence-corrected chi connectivity index (χ2v) is 9.70. The monoisotopic (exact) mass is 338 g/mol. The van der Waals surface area contributed by atoms with E-state index in [-0.39, 0.29) is 0 Å². The molecule has 24 heavy (non-hydrogen) atoms. The molecule has 2 aliphatic heterocycles. The SMILES string of the molecule is CC(C)C1CCC(C(C)CC2CC(C(C)C)OC(C(C)C)C2)OC1. The van der Waals surface area contributed by atoms with Crippen LogP contribution in [0.15, 0.2) is 0 Å². The summed E-state index contributed by atoms with van der Waals surface area (Å²) in [5.41, 5.74) is 0. The van der Waals surface area contributed by atoms with Crippen LogP contribution in [0.5, 0.6) is 0 Å². The smallest absolute Gasteiger partial charge is 0.0604 e. The zero-order valence-electron chi connectivity index (χ0n) is 17.3. The first-order valence-corrected chi connectivity index (χ1v) is 10.5. The largest absolute Gasteiger partial charge is 0.378 e. The van der Waals surface area contributed by atoms with Crippen LogP contribution in [0.4, 0.5) is 0 Å². The van der Waals surface area contributed by atoms with E-state index >= 15 is 0 Å². The summed E-state index contributed by atoms with van der Waals surface area (Å²) in [4.78, 5) is 0. The van der Waals surface area contributed by atoms with Crippen molar-refractivity contribution in [2.24, 2.45) is 35.5 Å². The molecule has 0 radical (unpaired) electrons. The maximum Gasteiger partial charge on any atom is 0.0604 e. The number of hydrogen-bond donors (Lipinski definition) is 0. The zero-order valence-corrected chi connectivity index (χ0v) is 17.3. The Hall–Kier alpha value is -0.0800. The average Bonchev–Trinajstić information content (AvgIpc) is 2.54. The van der Waals surface area contributed by atoms with Gasteiger partial charge in [-0.05, 0) is 67.6 Å². The van der Waals surface area contributed by atoms with E-state index in [1.807, 2.05) is 0 Å². The van der Waals surface area contributed by atoms with E-state index in [1.165, 1.54) is 32.1 Å². The molecule has 2 heteroatoms. The number of ether oxygens (including phenoxy) is 2. The third-order valence-electron chi connectivity index (χ3n) is 6.60. The van der Waals surface area contributed by atoms with Crippen molar-refractivity contribution in [2.75, 3.05) is 6.61 Å². The van der Waals surface area contributed by atoms with E-state index in [0.717, 1.165) is 24.4 Å². The lowest BCUT2D eigenvalue weighted by molar-refractivity contribution is -0.116. The third kappa shape index (κ3) is 5.46. The Kier molecular flexibility index (Phi) is 7.61. The Labute approximate surface area is 151 Å². The average molecular weight is 339 g/mol. The van der Waals surface area contributed by atoms with E-state index in [9.17, 15) is 0 Å². The first-order valence-electron chi connectivity index (χ1n) is 10.5. The van der Waals surface area contributed by atoms with Crippen LogP contribution >= 0.6 is 0 Å². The van der Waals surface area contributed by atoms with Crippen molar-refractivity contribution in [3.05, 3.63) is 0 Å². The predicted molar refractivity (Wildman–Crippen MR) is 102 cm³/mol. The Bertz CT molecular complexity index is 339. The molecule has 2 aliphatic rings. The molecule has 2 nitrogen and oxygen atoms in total. The van der Waals surface area contributed by atoms with Crippen molar-refractivity contribution in [1.29, 1.82) is 0 Å². The van der Waals surface area contributed by atoms with Crippen molar-refractivity contribution in [2.45, 2.75) is 98.9 Å². The van der Waals surface area contributed by atoms with Gasteiger partial charge in [-0.3, -0.25) is 0 Å². The second-order valence-electron chi connectivity index (χ2n) is 9.70. The molecule has 5 unspecified atom stereocenters. The fourth-order valence-electron chi connectivity index (χ4n) is 4.58. The highest BCUT2D eigenvalue weighted by molar-refractivity contribution is 4.84. The van der Waals surface area contributed by atoms with Gasteiger partial charge in [-0.1, -0.05) is 48.5 Å². The summed E-state index contributed by atoms with van der Waals surface area (Å²) in [7, 11) is 0. The van der Waals surface area contributed by atoms with E-state index in [4.69, 9.17) is 9.47 Å². The van der Waals surface area contributed by atoms with E-state index in [1.54, 1.807) is 0 Å². The summed E-state index contributed by atoms with van der Waals surface area (Å²) in [5, 5.41) is 0. The first kappa shape index (κ1) is 20.2. The molecule has 0 aromatic carbocycles. The van der Waals surface area contributed by atoms with Crippen LogP contribution in [0.1, 0.15) is 80.6 Å². The summed E-state index contributed by atoms with van der Waals surface area (Å²) >= 11 is 0. The van der Waals surface area contributed by atoms with E-state index in [0.29, 0.717) is 36.1 Å². The lowest BCUT2D eigenvalue weighted by atomic mass is 9.77. The van der Waals surface area contributed by atoms with Gasteiger partial charge < -0.3 is 9.47 Å². The molecular weight excluding hydrogens is 296 g/mol. The minimum Gasteiger partial charge on any atom is -0.378 e. The Morgan fingerprint density at radius 1 is 0.750 bits per heavy atom. The molecule has 0 bridgehead atoms. The first-order chi connectivity index (χ1) is 11.3. The van der Waals surface area contributed by atoms with E-state index < -0.39 is 0 Å². The van der Waals surface area contributed by atoms with Crippen molar-refractivity contribution in [3.8, 4) is 0 Å². The van der Waals surface area contributed by atoms with Crippen LogP contribution in [0.3, 0.4) is 0 Å². The van der Waals surface area contributed by atoms with Crippen LogP contribution in [-0.4, -0.2) is 24.9 Å². The van der Waals surface area contributed by atoms with Gasteiger partial charge in [-0.2, -0.15) is 0 Å². The molecule has 0 spiro atoms. The number of rotatable bonds is 6. The standard InChI is InChI=1S/C22H42O2/c1-14(2)19-8-9-20(23-13-19)17(7)10-18-11-21(15(3)4)24-22(12-18)16(5)6/h14-22H,8-13H2,1-7H3. The molecule has 2 saturated heterocycles. The van der Waals surface area contributed by atoms with Gasteiger partial charge >= 0.3 is 0 Å². The van der Waals surface area contributed by atoms with Crippen LogP contribution in [0, 0.1) is 35.5 Å². The van der Waals surface area contributed by atoms with Gasteiger partial charge in [0.25, 0.3) is 0 Å². The molecule has 2 rings (SSSR count). The molecule has 0 N–H and O–H groups in total. The summed E-state index contributed by atoms with van der Waals surface area (Å²) in [6.07, 6.45) is 7.78. The van der Waals surface area contributed by atoms with E-state index in [2.05, 4.69) is 48.5 Å². The summed E-state index contributed by atoms with van der Waals surface area (Å²) < 4.78 is 12.6. The quantitative estimate of drug-likeness (QED) is 0.596. The summed E-state index contributed by atoms with van der Waals surface area (Å²) in [6.45, 7) is 17.3. The highest BCUT2D eigenvalue weighted by Gasteiger charge is 2.35. The highest BCUT2D eigenvalue weighted by atomic mass is 16.5. The van der Waals surface area contributed by atoms with Crippen LogP contribution in [-0.2, 0) is 9.47 Å². The summed E-state index contributed by atoms with van der Waals surface area (Å²) in [5.74, 6) is 4.27. The van der Waals surface area contributed by atoms with Gasteiger partial charge in [0, 0.05) is 0 Å². The molecule has 0 aromatic rings. The molecule has 5 atom stereocenters. The van der Waals surface area contributed by atoms with Crippen molar-refractivity contribution in [1.82, 2.24) is 0 Å². The second kappa shape index (κ2) is 9.03. The lowest BCUT2D eigenvalue weighted by Crippen LogP contribution is -2.40. The lowest BCUT2D eigenvalue weighted by Gasteiger charge is -2.41. The molecule has 0 amide bonds. The van der Waals surface area contributed by atoms with Gasteiger partial charge in [-0.25, -0.2) is 0 Å². The fraction of sp³-hybridized carbons (Fsp3) is 1.00. The maximum atomic E-state index is 6.38. The van der Waals surface area contributed by atoms with Crippen LogP contribution < -0.4 is 0 Å². The Morgan fingerprint density at radius 3 is 1.75 bits per heavy atom. The Morgan fingerprint density at radius 2 is 1.33 bits per heavy atom. The minimum absolute atomic E-state index is 0.445. The minimum atomic E-state index is 0.445. The third-order valence-corrected chi connectivity index (χ3v) is 6.60. The van der Waals surface area contributed by atoms with Crippen molar-refractivity contribution < 1.29 is 9.47 Å². The molecule has 2 fully saturated rings.